The van der Waals surface area contributed by atoms with Crippen LogP contribution in [0.2, 0.25) is 15.1 Å². The molecule has 0 unspecified atom stereocenters. The zero-order valence-electron chi connectivity index (χ0n) is 22.8. The van der Waals surface area contributed by atoms with Crippen LogP contribution in [0.1, 0.15) is 39.2 Å². The lowest BCUT2D eigenvalue weighted by Crippen LogP contribution is -2.53. The van der Waals surface area contributed by atoms with Crippen LogP contribution in [-0.4, -0.2) is 43.8 Å². The molecule has 7 nitrogen and oxygen atoms in total. The van der Waals surface area contributed by atoms with Crippen LogP contribution in [0, 0.1) is 5.82 Å². The van der Waals surface area contributed by atoms with Crippen LogP contribution >= 0.6 is 34.8 Å². The highest BCUT2D eigenvalue weighted by molar-refractivity contribution is 7.92. The summed E-state index contributed by atoms with van der Waals surface area (Å²) < 4.78 is 42.5. The maximum Gasteiger partial charge on any atom is 0.264 e. The van der Waals surface area contributed by atoms with Crippen molar-refractivity contribution in [1.82, 2.24) is 10.2 Å². The van der Waals surface area contributed by atoms with Crippen LogP contribution in [0.4, 0.5) is 10.1 Å². The largest absolute Gasteiger partial charge is 0.352 e. The Morgan fingerprint density at radius 3 is 2.17 bits per heavy atom. The average Bonchev–Trinajstić information content (AvgIpc) is 2.95. The van der Waals surface area contributed by atoms with E-state index in [-0.39, 0.29) is 45.5 Å². The number of benzene rings is 3. The predicted octanol–water partition coefficient (Wildman–Crippen LogP) is 6.70. The van der Waals surface area contributed by atoms with E-state index in [4.69, 9.17) is 34.8 Å². The summed E-state index contributed by atoms with van der Waals surface area (Å²) in [6, 6.07) is 14.7. The van der Waals surface area contributed by atoms with Crippen LogP contribution in [-0.2, 0) is 26.2 Å². The summed E-state index contributed by atoms with van der Waals surface area (Å²) in [6.45, 7) is 4.79. The average molecular weight is 643 g/mol. The number of rotatable bonds is 12. The summed E-state index contributed by atoms with van der Waals surface area (Å²) in [5, 5.41) is 3.19. The zero-order chi connectivity index (χ0) is 30.3. The second-order valence-corrected chi connectivity index (χ2v) is 12.5. The molecule has 0 saturated carbocycles. The van der Waals surface area contributed by atoms with Gasteiger partial charge in [-0.1, -0.05) is 72.9 Å². The SMILES string of the molecule is CC[C@H](C)NC(=O)[C@H](CC)N(Cc1ccc(Cl)c(Cl)c1)C(=O)CN(c1ccc(F)c(Cl)c1)S(=O)(=O)c1ccccc1. The molecule has 0 aliphatic rings. The van der Waals surface area contributed by atoms with Crippen LogP contribution in [0.5, 0.6) is 0 Å². The Hall–Kier alpha value is -2.85. The Balaban J connectivity index is 2.09. The Morgan fingerprint density at radius 1 is 0.902 bits per heavy atom. The second-order valence-electron chi connectivity index (χ2n) is 9.44. The van der Waals surface area contributed by atoms with Crippen molar-refractivity contribution in [2.45, 2.75) is 57.1 Å². The van der Waals surface area contributed by atoms with Crippen molar-refractivity contribution in [3.8, 4) is 0 Å². The van der Waals surface area contributed by atoms with Crippen molar-refractivity contribution in [2.24, 2.45) is 0 Å². The number of nitrogens with zero attached hydrogens (tertiary/aromatic N) is 2. The highest BCUT2D eigenvalue weighted by Crippen LogP contribution is 2.29. The Morgan fingerprint density at radius 2 is 1.59 bits per heavy atom. The molecule has 3 aromatic carbocycles. The van der Waals surface area contributed by atoms with E-state index >= 15 is 0 Å². The smallest absolute Gasteiger partial charge is 0.264 e. The molecule has 220 valence electrons. The summed E-state index contributed by atoms with van der Waals surface area (Å²) in [5.41, 5.74) is 0.574. The summed E-state index contributed by atoms with van der Waals surface area (Å²) >= 11 is 18.3. The molecule has 0 heterocycles. The van der Waals surface area contributed by atoms with Crippen molar-refractivity contribution in [1.29, 1.82) is 0 Å². The van der Waals surface area contributed by atoms with Crippen molar-refractivity contribution in [3.05, 3.63) is 93.2 Å². The van der Waals surface area contributed by atoms with Gasteiger partial charge in [-0.25, -0.2) is 12.8 Å². The van der Waals surface area contributed by atoms with Gasteiger partial charge >= 0.3 is 0 Å². The molecule has 0 fully saturated rings. The van der Waals surface area contributed by atoms with Gasteiger partial charge in [-0.2, -0.15) is 0 Å². The number of halogens is 4. The molecule has 2 atom stereocenters. The first-order valence-electron chi connectivity index (χ1n) is 13.0. The van der Waals surface area contributed by atoms with Crippen molar-refractivity contribution in [2.75, 3.05) is 10.8 Å². The quantitative estimate of drug-likeness (QED) is 0.238. The Bertz CT molecular complexity index is 1490. The third-order valence-electron chi connectivity index (χ3n) is 6.53. The summed E-state index contributed by atoms with van der Waals surface area (Å²) in [6.07, 6.45) is 0.931. The molecule has 2 amide bonds. The van der Waals surface area contributed by atoms with Crippen molar-refractivity contribution < 1.29 is 22.4 Å². The van der Waals surface area contributed by atoms with E-state index in [0.717, 1.165) is 16.4 Å². The molecule has 0 aliphatic carbocycles. The molecule has 41 heavy (non-hydrogen) atoms. The summed E-state index contributed by atoms with van der Waals surface area (Å²) in [4.78, 5) is 28.6. The molecule has 0 aromatic heterocycles. The van der Waals surface area contributed by atoms with Gasteiger partial charge in [-0.05, 0) is 67.8 Å². The molecule has 3 aromatic rings. The highest BCUT2D eigenvalue weighted by Gasteiger charge is 2.34. The predicted molar refractivity (Wildman–Crippen MR) is 161 cm³/mol. The Labute approximate surface area is 255 Å². The number of nitrogens with one attached hydrogen (secondary N) is 1. The second kappa shape index (κ2) is 14.4. The highest BCUT2D eigenvalue weighted by atomic mass is 35.5. The molecular weight excluding hydrogens is 612 g/mol. The van der Waals surface area contributed by atoms with E-state index in [1.807, 2.05) is 13.8 Å². The van der Waals surface area contributed by atoms with Crippen LogP contribution in [0.3, 0.4) is 0 Å². The zero-order valence-corrected chi connectivity index (χ0v) is 25.9. The fourth-order valence-electron chi connectivity index (χ4n) is 4.08. The standard InChI is InChI=1S/C29H31Cl3FN3O4S/c1-4-19(3)34-29(38)27(5-2)35(17-20-11-13-23(30)24(31)15-20)28(37)18-36(21-12-14-26(33)25(32)16-21)41(39,40)22-9-7-6-8-10-22/h6-16,19,27H,4-5,17-18H2,1-3H3,(H,34,38)/t19-,27-/m0/s1. The normalized spacial score (nSPS) is 12.9. The fraction of sp³-hybridized carbons (Fsp3) is 0.310. The van der Waals surface area contributed by atoms with E-state index in [2.05, 4.69) is 5.32 Å². The van der Waals surface area contributed by atoms with Gasteiger partial charge in [0.1, 0.15) is 18.4 Å². The van der Waals surface area contributed by atoms with Crippen LogP contribution < -0.4 is 9.62 Å². The van der Waals surface area contributed by atoms with Gasteiger partial charge in [-0.15, -0.1) is 0 Å². The maximum absolute atomic E-state index is 14.0. The molecule has 12 heteroatoms. The lowest BCUT2D eigenvalue weighted by molar-refractivity contribution is -0.140. The maximum atomic E-state index is 14.0. The number of anilines is 1. The van der Waals surface area contributed by atoms with E-state index < -0.39 is 34.3 Å². The van der Waals surface area contributed by atoms with E-state index in [1.165, 1.54) is 23.1 Å². The molecule has 1 N–H and O–H groups in total. The number of amides is 2. The lowest BCUT2D eigenvalue weighted by Gasteiger charge is -2.33. The van der Waals surface area contributed by atoms with Gasteiger partial charge in [0.25, 0.3) is 10.0 Å². The molecule has 0 aliphatic heterocycles. The third-order valence-corrected chi connectivity index (χ3v) is 9.34. The summed E-state index contributed by atoms with van der Waals surface area (Å²) in [5.74, 6) is -1.78. The first kappa shape index (κ1) is 32.7. The van der Waals surface area contributed by atoms with Gasteiger partial charge in [0.15, 0.2) is 0 Å². The van der Waals surface area contributed by atoms with E-state index in [1.54, 1.807) is 43.3 Å². The molecule has 0 radical (unpaired) electrons. The van der Waals surface area contributed by atoms with E-state index in [9.17, 15) is 22.4 Å². The summed E-state index contributed by atoms with van der Waals surface area (Å²) in [7, 11) is -4.31. The lowest BCUT2D eigenvalue weighted by atomic mass is 10.1. The van der Waals surface area contributed by atoms with Crippen molar-refractivity contribution in [3.63, 3.8) is 0 Å². The molecule has 0 bridgehead atoms. The minimum atomic E-state index is -4.31. The number of carbonyl (C=O) groups excluding carboxylic acids is 2. The third kappa shape index (κ3) is 8.13. The van der Waals surface area contributed by atoms with Gasteiger partial charge in [0, 0.05) is 12.6 Å². The van der Waals surface area contributed by atoms with E-state index in [0.29, 0.717) is 17.0 Å². The van der Waals surface area contributed by atoms with Crippen molar-refractivity contribution >= 4 is 62.3 Å². The molecular formula is C29H31Cl3FN3O4S. The minimum Gasteiger partial charge on any atom is -0.352 e. The van der Waals surface area contributed by atoms with Gasteiger partial charge < -0.3 is 10.2 Å². The number of hydrogen-bond acceptors (Lipinski definition) is 4. The molecule has 0 spiro atoms. The molecule has 0 saturated heterocycles. The minimum absolute atomic E-state index is 0.0137. The van der Waals surface area contributed by atoms with Crippen LogP contribution in [0.15, 0.2) is 71.6 Å². The number of carbonyl (C=O) groups is 2. The topological polar surface area (TPSA) is 86.8 Å². The van der Waals surface area contributed by atoms with Gasteiger partial charge in [0.2, 0.25) is 11.8 Å². The Kier molecular flexibility index (Phi) is 11.4. The van der Waals surface area contributed by atoms with Crippen LogP contribution in [0.25, 0.3) is 0 Å². The first-order valence-corrected chi connectivity index (χ1v) is 15.5. The van der Waals surface area contributed by atoms with Gasteiger partial charge in [0.05, 0.1) is 25.7 Å². The monoisotopic (exact) mass is 641 g/mol. The molecule has 3 rings (SSSR count). The van der Waals surface area contributed by atoms with Gasteiger partial charge in [-0.3, -0.25) is 13.9 Å². The fourth-order valence-corrected chi connectivity index (χ4v) is 6.01. The first-order chi connectivity index (χ1) is 19.4. The number of hydrogen-bond donors (Lipinski definition) is 1. The number of sulfonamides is 1.